The summed E-state index contributed by atoms with van der Waals surface area (Å²) in [6, 6.07) is 5.82. The Kier molecular flexibility index (Phi) is 11.6. The van der Waals surface area contributed by atoms with Gasteiger partial charge in [-0.25, -0.2) is 4.99 Å². The van der Waals surface area contributed by atoms with Gasteiger partial charge >= 0.3 is 0 Å². The van der Waals surface area contributed by atoms with Gasteiger partial charge in [-0.3, -0.25) is 4.79 Å². The van der Waals surface area contributed by atoms with Crippen molar-refractivity contribution in [2.45, 2.75) is 45.3 Å². The second-order valence-corrected chi connectivity index (χ2v) is 7.62. The lowest BCUT2D eigenvalue weighted by Crippen LogP contribution is -2.43. The first-order valence-electron chi connectivity index (χ1n) is 10.1. The average molecular weight is 530 g/mol. The molecule has 1 amide bonds. The number of likely N-dealkylation sites (N-methyl/N-ethyl adjacent to an activating group) is 1. The average Bonchev–Trinajstić information content (AvgIpc) is 3.20. The van der Waals surface area contributed by atoms with Crippen LogP contribution in [0.4, 0.5) is 0 Å². The van der Waals surface area contributed by atoms with E-state index in [1.807, 2.05) is 25.1 Å². The summed E-state index contributed by atoms with van der Waals surface area (Å²) in [5.41, 5.74) is 1.96. The van der Waals surface area contributed by atoms with Crippen LogP contribution in [-0.2, 0) is 11.3 Å². The molecule has 2 N–H and O–H groups in total. The number of hydrogen-bond donors (Lipinski definition) is 2. The van der Waals surface area contributed by atoms with Crippen molar-refractivity contribution >= 4 is 35.8 Å². The van der Waals surface area contributed by atoms with E-state index < -0.39 is 0 Å². The third-order valence-electron chi connectivity index (χ3n) is 4.74. The van der Waals surface area contributed by atoms with Crippen molar-refractivity contribution in [2.75, 3.05) is 34.3 Å². The van der Waals surface area contributed by atoms with Gasteiger partial charge in [0.15, 0.2) is 5.96 Å². The van der Waals surface area contributed by atoms with Gasteiger partial charge in [0.25, 0.3) is 0 Å². The number of nitrogens with zero attached hydrogens (tertiary/aromatic N) is 2. The molecule has 8 heteroatoms. The number of carbonyl (C=O) groups is 1. The van der Waals surface area contributed by atoms with Crippen LogP contribution in [0.3, 0.4) is 0 Å². The van der Waals surface area contributed by atoms with E-state index in [4.69, 9.17) is 9.47 Å². The fraction of sp³-hybridized carbons (Fsp3) is 0.545. The molecular formula is C22H35IN4O3. The van der Waals surface area contributed by atoms with E-state index in [1.165, 1.54) is 12.8 Å². The molecule has 1 aliphatic rings. The maximum atomic E-state index is 11.9. The summed E-state index contributed by atoms with van der Waals surface area (Å²) >= 11 is 0. The molecule has 168 valence electrons. The van der Waals surface area contributed by atoms with Crippen LogP contribution in [0.2, 0.25) is 0 Å². The highest BCUT2D eigenvalue weighted by Crippen LogP contribution is 2.30. The van der Waals surface area contributed by atoms with Crippen molar-refractivity contribution in [3.8, 4) is 11.5 Å². The molecule has 0 heterocycles. The molecule has 1 saturated carbocycles. The molecule has 0 aromatic heterocycles. The van der Waals surface area contributed by atoms with Gasteiger partial charge in [-0.05, 0) is 44.7 Å². The normalized spacial score (nSPS) is 13.9. The van der Waals surface area contributed by atoms with Crippen molar-refractivity contribution < 1.29 is 14.3 Å². The Morgan fingerprint density at radius 2 is 1.90 bits per heavy atom. The van der Waals surface area contributed by atoms with Gasteiger partial charge in [-0.1, -0.05) is 12.2 Å². The molecule has 0 bridgehead atoms. The van der Waals surface area contributed by atoms with Crippen LogP contribution >= 0.6 is 24.0 Å². The number of ether oxygens (including phenoxy) is 2. The Hall–Kier alpha value is -1.97. The van der Waals surface area contributed by atoms with E-state index in [2.05, 4.69) is 22.2 Å². The number of amides is 1. The molecule has 0 atom stereocenters. The predicted octanol–water partition coefficient (Wildman–Crippen LogP) is 3.33. The minimum atomic E-state index is -0.0236. The lowest BCUT2D eigenvalue weighted by molar-refractivity contribution is -0.127. The summed E-state index contributed by atoms with van der Waals surface area (Å²) < 4.78 is 11.6. The van der Waals surface area contributed by atoms with Gasteiger partial charge in [0, 0.05) is 32.3 Å². The topological polar surface area (TPSA) is 75.2 Å². The molecule has 0 aliphatic heterocycles. The molecule has 0 spiro atoms. The summed E-state index contributed by atoms with van der Waals surface area (Å²) in [7, 11) is 5.11. The second kappa shape index (κ2) is 13.4. The summed E-state index contributed by atoms with van der Waals surface area (Å²) in [5.74, 6) is 2.11. The Morgan fingerprint density at radius 3 is 2.50 bits per heavy atom. The first-order chi connectivity index (χ1) is 13.9. The standard InChI is InChI=1S/C22H34N4O3.HI/c1-16(2)13-23-22(25-15-21(27)26(3)4)24-14-17-10-11-19(28-5)12-20(17)29-18-8-6-7-9-18;/h10-12,18H,1,6-9,13-15H2,2-5H3,(H2,23,24,25);1H. The van der Waals surface area contributed by atoms with Crippen molar-refractivity contribution in [1.29, 1.82) is 0 Å². The first kappa shape index (κ1) is 26.1. The third kappa shape index (κ3) is 8.81. The Balaban J connectivity index is 0.00000450. The number of aliphatic imine (C=N–C) groups is 1. The van der Waals surface area contributed by atoms with Crippen molar-refractivity contribution in [3.05, 3.63) is 35.9 Å². The van der Waals surface area contributed by atoms with Gasteiger partial charge < -0.3 is 25.0 Å². The van der Waals surface area contributed by atoms with Crippen LogP contribution in [-0.4, -0.2) is 57.2 Å². The highest BCUT2D eigenvalue weighted by molar-refractivity contribution is 14.0. The van der Waals surface area contributed by atoms with Gasteiger partial charge in [-0.15, -0.1) is 24.0 Å². The summed E-state index contributed by atoms with van der Waals surface area (Å²) in [4.78, 5) is 18.1. The number of carbonyl (C=O) groups excluding carboxylic acids is 1. The first-order valence-corrected chi connectivity index (χ1v) is 10.1. The van der Waals surface area contributed by atoms with Crippen LogP contribution in [0.15, 0.2) is 35.3 Å². The smallest absolute Gasteiger partial charge is 0.241 e. The maximum absolute atomic E-state index is 11.9. The van der Waals surface area contributed by atoms with Crippen LogP contribution in [0.1, 0.15) is 38.2 Å². The fourth-order valence-electron chi connectivity index (χ4n) is 2.98. The Morgan fingerprint density at radius 1 is 1.23 bits per heavy atom. The molecule has 1 aromatic rings. The Labute approximate surface area is 197 Å². The van der Waals surface area contributed by atoms with Crippen LogP contribution in [0.5, 0.6) is 11.5 Å². The molecule has 30 heavy (non-hydrogen) atoms. The zero-order valence-corrected chi connectivity index (χ0v) is 20.8. The predicted molar refractivity (Wildman–Crippen MR) is 132 cm³/mol. The molecule has 0 radical (unpaired) electrons. The number of nitrogens with one attached hydrogen (secondary N) is 2. The number of benzene rings is 1. The van der Waals surface area contributed by atoms with E-state index in [-0.39, 0.29) is 42.5 Å². The van der Waals surface area contributed by atoms with Gasteiger partial charge in [0.1, 0.15) is 11.5 Å². The number of halogens is 1. The van der Waals surface area contributed by atoms with E-state index in [0.717, 1.165) is 35.5 Å². The molecule has 1 fully saturated rings. The molecule has 7 nitrogen and oxygen atoms in total. The van der Waals surface area contributed by atoms with E-state index >= 15 is 0 Å². The number of hydrogen-bond acceptors (Lipinski definition) is 4. The number of rotatable bonds is 9. The molecule has 0 saturated heterocycles. The highest BCUT2D eigenvalue weighted by Gasteiger charge is 2.18. The maximum Gasteiger partial charge on any atom is 0.241 e. The third-order valence-corrected chi connectivity index (χ3v) is 4.74. The lowest BCUT2D eigenvalue weighted by atomic mass is 10.2. The van der Waals surface area contributed by atoms with Crippen molar-refractivity contribution in [1.82, 2.24) is 15.5 Å². The highest BCUT2D eigenvalue weighted by atomic mass is 127. The van der Waals surface area contributed by atoms with E-state index in [9.17, 15) is 4.79 Å². The minimum absolute atomic E-state index is 0. The van der Waals surface area contributed by atoms with E-state index in [0.29, 0.717) is 19.0 Å². The van der Waals surface area contributed by atoms with Gasteiger partial charge in [0.2, 0.25) is 5.91 Å². The van der Waals surface area contributed by atoms with Crippen molar-refractivity contribution in [3.63, 3.8) is 0 Å². The quantitative estimate of drug-likeness (QED) is 0.222. The number of methoxy groups -OCH3 is 1. The summed E-state index contributed by atoms with van der Waals surface area (Å²) in [6.07, 6.45) is 4.84. The monoisotopic (exact) mass is 530 g/mol. The zero-order chi connectivity index (χ0) is 21.2. The van der Waals surface area contributed by atoms with Gasteiger partial charge in [-0.2, -0.15) is 0 Å². The summed E-state index contributed by atoms with van der Waals surface area (Å²) in [5, 5.41) is 6.28. The van der Waals surface area contributed by atoms with E-state index in [1.54, 1.807) is 26.1 Å². The van der Waals surface area contributed by atoms with Crippen molar-refractivity contribution in [2.24, 2.45) is 4.99 Å². The summed E-state index contributed by atoms with van der Waals surface area (Å²) in [6.45, 7) is 7.02. The largest absolute Gasteiger partial charge is 0.497 e. The van der Waals surface area contributed by atoms with Gasteiger partial charge in [0.05, 0.1) is 26.3 Å². The molecular weight excluding hydrogens is 495 g/mol. The molecule has 2 rings (SSSR count). The van der Waals surface area contributed by atoms with Crippen LogP contribution in [0, 0.1) is 0 Å². The fourth-order valence-corrected chi connectivity index (χ4v) is 2.98. The Bertz CT molecular complexity index is 731. The molecule has 0 unspecified atom stereocenters. The number of guanidine groups is 1. The minimum Gasteiger partial charge on any atom is -0.497 e. The molecule has 1 aromatic carbocycles. The molecule has 1 aliphatic carbocycles. The zero-order valence-electron chi connectivity index (χ0n) is 18.5. The lowest BCUT2D eigenvalue weighted by Gasteiger charge is -2.18. The van der Waals surface area contributed by atoms with Crippen LogP contribution < -0.4 is 20.1 Å². The SMILES string of the molecule is C=C(C)CNC(=NCc1ccc(OC)cc1OC1CCCC1)NCC(=O)N(C)C.I. The van der Waals surface area contributed by atoms with Crippen LogP contribution in [0.25, 0.3) is 0 Å². The second-order valence-electron chi connectivity index (χ2n) is 7.62.